The van der Waals surface area contributed by atoms with Crippen molar-refractivity contribution in [3.8, 4) is 5.75 Å². The lowest BCUT2D eigenvalue weighted by Gasteiger charge is -2.16. The molecule has 2 aromatic carbocycles. The van der Waals surface area contributed by atoms with Crippen molar-refractivity contribution in [2.75, 3.05) is 13.2 Å². The molecular formula is C21H24N4O5. The minimum absolute atomic E-state index is 0.197. The van der Waals surface area contributed by atoms with Gasteiger partial charge in [-0.3, -0.25) is 9.59 Å². The lowest BCUT2D eigenvalue weighted by molar-refractivity contribution is -0.123. The Morgan fingerprint density at radius 1 is 1.10 bits per heavy atom. The van der Waals surface area contributed by atoms with Crippen LogP contribution in [0.3, 0.4) is 0 Å². The first-order chi connectivity index (χ1) is 14.5. The van der Waals surface area contributed by atoms with Gasteiger partial charge >= 0.3 is 6.09 Å². The second kappa shape index (κ2) is 11.8. The average Bonchev–Trinajstić information content (AvgIpc) is 2.73. The van der Waals surface area contributed by atoms with Crippen LogP contribution in [0.25, 0.3) is 0 Å². The van der Waals surface area contributed by atoms with Crippen LogP contribution in [0.4, 0.5) is 4.79 Å². The Labute approximate surface area is 174 Å². The van der Waals surface area contributed by atoms with Gasteiger partial charge in [0.1, 0.15) is 11.8 Å². The molecule has 30 heavy (non-hydrogen) atoms. The molecule has 0 saturated carbocycles. The molecule has 0 bridgehead atoms. The molecule has 4 N–H and O–H groups in total. The Bertz CT molecular complexity index is 869. The SMILES string of the molecule is CCOC(=O)N[C@@H](Cc1ccccc1)C(=O)N/N=C\c1ccc(OCC(N)=O)cc1. The molecule has 9 heteroatoms. The van der Waals surface area contributed by atoms with E-state index in [2.05, 4.69) is 15.8 Å². The summed E-state index contributed by atoms with van der Waals surface area (Å²) in [5.41, 5.74) is 9.02. The summed E-state index contributed by atoms with van der Waals surface area (Å²) in [7, 11) is 0. The third-order valence-corrected chi connectivity index (χ3v) is 3.82. The van der Waals surface area contributed by atoms with Crippen LogP contribution in [-0.2, 0) is 20.7 Å². The fourth-order valence-electron chi connectivity index (χ4n) is 2.43. The molecular weight excluding hydrogens is 388 g/mol. The average molecular weight is 412 g/mol. The van der Waals surface area contributed by atoms with E-state index in [9.17, 15) is 14.4 Å². The maximum Gasteiger partial charge on any atom is 0.407 e. The van der Waals surface area contributed by atoms with Gasteiger partial charge in [0.05, 0.1) is 12.8 Å². The van der Waals surface area contributed by atoms with Crippen molar-refractivity contribution in [3.05, 3.63) is 65.7 Å². The maximum atomic E-state index is 12.5. The monoisotopic (exact) mass is 412 g/mol. The fraction of sp³-hybridized carbons (Fsp3) is 0.238. The topological polar surface area (TPSA) is 132 Å². The molecule has 0 aliphatic rings. The van der Waals surface area contributed by atoms with E-state index in [4.69, 9.17) is 15.2 Å². The zero-order valence-electron chi connectivity index (χ0n) is 16.5. The molecule has 0 spiro atoms. The highest BCUT2D eigenvalue weighted by Crippen LogP contribution is 2.10. The Kier molecular flexibility index (Phi) is 8.85. The van der Waals surface area contributed by atoms with E-state index in [1.165, 1.54) is 6.21 Å². The van der Waals surface area contributed by atoms with Gasteiger partial charge in [0.2, 0.25) is 0 Å². The number of amides is 3. The van der Waals surface area contributed by atoms with Gasteiger partial charge in [-0.05, 0) is 42.3 Å². The van der Waals surface area contributed by atoms with Crippen LogP contribution in [0.15, 0.2) is 59.7 Å². The van der Waals surface area contributed by atoms with Gasteiger partial charge < -0.3 is 20.5 Å². The quantitative estimate of drug-likeness (QED) is 0.400. The summed E-state index contributed by atoms with van der Waals surface area (Å²) < 4.78 is 10.0. The van der Waals surface area contributed by atoms with E-state index in [1.807, 2.05) is 30.3 Å². The number of nitrogens with one attached hydrogen (secondary N) is 2. The second-order valence-corrected chi connectivity index (χ2v) is 6.17. The minimum atomic E-state index is -0.854. The Morgan fingerprint density at radius 3 is 2.43 bits per heavy atom. The maximum absolute atomic E-state index is 12.5. The molecule has 2 aromatic rings. The van der Waals surface area contributed by atoms with Crippen molar-refractivity contribution in [2.24, 2.45) is 10.8 Å². The zero-order chi connectivity index (χ0) is 21.8. The number of nitrogens with zero attached hydrogens (tertiary/aromatic N) is 1. The van der Waals surface area contributed by atoms with Crippen molar-refractivity contribution in [2.45, 2.75) is 19.4 Å². The number of carbonyl (C=O) groups excluding carboxylic acids is 3. The summed E-state index contributed by atoms with van der Waals surface area (Å²) in [6, 6.07) is 15.1. The molecule has 158 valence electrons. The molecule has 9 nitrogen and oxygen atoms in total. The summed E-state index contributed by atoms with van der Waals surface area (Å²) in [5.74, 6) is -0.564. The number of alkyl carbamates (subject to hydrolysis) is 1. The van der Waals surface area contributed by atoms with Crippen molar-refractivity contribution >= 4 is 24.1 Å². The van der Waals surface area contributed by atoms with E-state index in [0.29, 0.717) is 11.3 Å². The number of benzene rings is 2. The van der Waals surface area contributed by atoms with E-state index >= 15 is 0 Å². The highest BCUT2D eigenvalue weighted by molar-refractivity contribution is 5.87. The lowest BCUT2D eigenvalue weighted by Crippen LogP contribution is -2.47. The molecule has 0 saturated heterocycles. The van der Waals surface area contributed by atoms with Gasteiger partial charge in [0, 0.05) is 6.42 Å². The molecule has 0 unspecified atom stereocenters. The molecule has 0 fully saturated rings. The molecule has 1 atom stereocenters. The standard InChI is InChI=1S/C21H24N4O5/c1-2-29-21(28)24-18(12-15-6-4-3-5-7-15)20(27)25-23-13-16-8-10-17(11-9-16)30-14-19(22)26/h3-11,13,18H,2,12,14H2,1H3,(H2,22,26)(H,24,28)(H,25,27)/b23-13-/t18-/m0/s1. The van der Waals surface area contributed by atoms with E-state index in [1.54, 1.807) is 31.2 Å². The molecule has 3 amide bonds. The smallest absolute Gasteiger partial charge is 0.407 e. The number of hydrogen-bond donors (Lipinski definition) is 3. The van der Waals surface area contributed by atoms with Crippen molar-refractivity contribution < 1.29 is 23.9 Å². The van der Waals surface area contributed by atoms with Gasteiger partial charge in [-0.15, -0.1) is 0 Å². The lowest BCUT2D eigenvalue weighted by atomic mass is 10.1. The molecule has 0 aromatic heterocycles. The number of nitrogens with two attached hydrogens (primary N) is 1. The van der Waals surface area contributed by atoms with Crippen LogP contribution in [0.1, 0.15) is 18.1 Å². The first-order valence-corrected chi connectivity index (χ1v) is 9.29. The first kappa shape index (κ1) is 22.4. The molecule has 0 aliphatic carbocycles. The Morgan fingerprint density at radius 2 is 1.80 bits per heavy atom. The Balaban J connectivity index is 1.96. The molecule has 0 heterocycles. The van der Waals surface area contributed by atoms with Gasteiger partial charge in [-0.25, -0.2) is 10.2 Å². The molecule has 2 rings (SSSR count). The van der Waals surface area contributed by atoms with E-state index in [-0.39, 0.29) is 19.6 Å². The number of rotatable bonds is 10. The van der Waals surface area contributed by atoms with Crippen LogP contribution in [0, 0.1) is 0 Å². The first-order valence-electron chi connectivity index (χ1n) is 9.29. The van der Waals surface area contributed by atoms with Crippen molar-refractivity contribution in [1.82, 2.24) is 10.7 Å². The predicted molar refractivity (Wildman–Crippen MR) is 111 cm³/mol. The minimum Gasteiger partial charge on any atom is -0.484 e. The number of primary amides is 1. The van der Waals surface area contributed by atoms with Crippen molar-refractivity contribution in [1.29, 1.82) is 0 Å². The van der Waals surface area contributed by atoms with Gasteiger partial charge in [-0.2, -0.15) is 5.10 Å². The summed E-state index contributed by atoms with van der Waals surface area (Å²) in [6.45, 7) is 1.67. The van der Waals surface area contributed by atoms with Gasteiger partial charge in [-0.1, -0.05) is 30.3 Å². The van der Waals surface area contributed by atoms with Crippen LogP contribution in [0.5, 0.6) is 5.75 Å². The van der Waals surface area contributed by atoms with E-state index < -0.39 is 23.9 Å². The van der Waals surface area contributed by atoms with Crippen LogP contribution in [-0.4, -0.2) is 43.4 Å². The highest BCUT2D eigenvalue weighted by Gasteiger charge is 2.21. The number of hydrogen-bond acceptors (Lipinski definition) is 6. The largest absolute Gasteiger partial charge is 0.484 e. The summed E-state index contributed by atoms with van der Waals surface area (Å²) in [4.78, 5) is 35.0. The van der Waals surface area contributed by atoms with Gasteiger partial charge in [0.25, 0.3) is 11.8 Å². The normalized spacial score (nSPS) is 11.5. The zero-order valence-corrected chi connectivity index (χ0v) is 16.5. The highest BCUT2D eigenvalue weighted by atomic mass is 16.5. The number of hydrazone groups is 1. The van der Waals surface area contributed by atoms with Crippen LogP contribution in [0.2, 0.25) is 0 Å². The molecule has 0 aliphatic heterocycles. The fourth-order valence-corrected chi connectivity index (χ4v) is 2.43. The third kappa shape index (κ3) is 8.01. The third-order valence-electron chi connectivity index (χ3n) is 3.82. The number of carbonyl (C=O) groups is 3. The summed E-state index contributed by atoms with van der Waals surface area (Å²) >= 11 is 0. The van der Waals surface area contributed by atoms with Crippen molar-refractivity contribution in [3.63, 3.8) is 0 Å². The Hall–Kier alpha value is -3.88. The summed E-state index contributed by atoms with van der Waals surface area (Å²) in [5, 5.41) is 6.47. The predicted octanol–water partition coefficient (Wildman–Crippen LogP) is 1.36. The summed E-state index contributed by atoms with van der Waals surface area (Å²) in [6.07, 6.45) is 1.05. The van der Waals surface area contributed by atoms with Crippen LogP contribution >= 0.6 is 0 Å². The second-order valence-electron chi connectivity index (χ2n) is 6.17. The number of ether oxygens (including phenoxy) is 2. The molecule has 0 radical (unpaired) electrons. The van der Waals surface area contributed by atoms with Crippen LogP contribution < -0.4 is 21.2 Å². The van der Waals surface area contributed by atoms with Gasteiger partial charge in [0.15, 0.2) is 6.61 Å². The van der Waals surface area contributed by atoms with E-state index in [0.717, 1.165) is 5.56 Å².